The zero-order valence-corrected chi connectivity index (χ0v) is 6.62. The van der Waals surface area contributed by atoms with Gasteiger partial charge in [-0.05, 0) is 12.8 Å². The Morgan fingerprint density at radius 2 is 2.60 bits per heavy atom. The van der Waals surface area contributed by atoms with Gasteiger partial charge in [-0.15, -0.1) is 0 Å². The summed E-state index contributed by atoms with van der Waals surface area (Å²) in [5.74, 6) is 0.843. The number of hydrogen-bond acceptors (Lipinski definition) is 3. The van der Waals surface area contributed by atoms with Crippen LogP contribution in [0.25, 0.3) is 0 Å². The van der Waals surface area contributed by atoms with Gasteiger partial charge in [0, 0.05) is 12.4 Å². The first-order valence-electron chi connectivity index (χ1n) is 3.37. The molecule has 0 aromatic carbocycles. The number of thioether (sulfide) groups is 1. The molecule has 1 fully saturated rings. The Hall–Kier alpha value is -0.220. The van der Waals surface area contributed by atoms with E-state index in [0.29, 0.717) is 6.10 Å². The minimum Gasteiger partial charge on any atom is -0.379 e. The van der Waals surface area contributed by atoms with Crippen molar-refractivity contribution in [2.45, 2.75) is 18.9 Å². The van der Waals surface area contributed by atoms with Crippen LogP contribution in [-0.2, 0) is 4.74 Å². The van der Waals surface area contributed by atoms with Crippen LogP contribution in [0.5, 0.6) is 0 Å². The summed E-state index contributed by atoms with van der Waals surface area (Å²) in [6, 6.07) is 0. The van der Waals surface area contributed by atoms with Crippen LogP contribution < -0.4 is 5.73 Å². The molecule has 0 saturated carbocycles. The molecule has 1 rings (SSSR count). The van der Waals surface area contributed by atoms with Crippen LogP contribution in [0.2, 0.25) is 0 Å². The topological polar surface area (TPSA) is 59.1 Å². The summed E-state index contributed by atoms with van der Waals surface area (Å²) in [5.41, 5.74) is 5.16. The van der Waals surface area contributed by atoms with Gasteiger partial charge in [-0.3, -0.25) is 5.41 Å². The average Bonchev–Trinajstić information content (AvgIpc) is 2.34. The maximum Gasteiger partial charge on any atom is 0.151 e. The Morgan fingerprint density at radius 1 is 1.80 bits per heavy atom. The van der Waals surface area contributed by atoms with Crippen molar-refractivity contribution in [3.63, 3.8) is 0 Å². The number of nitrogens with two attached hydrogens (primary N) is 1. The van der Waals surface area contributed by atoms with Crippen LogP contribution in [0, 0.1) is 5.41 Å². The van der Waals surface area contributed by atoms with Gasteiger partial charge in [0.05, 0.1) is 6.10 Å². The Kier molecular flexibility index (Phi) is 3.02. The third-order valence-electron chi connectivity index (χ3n) is 1.45. The lowest BCUT2D eigenvalue weighted by atomic mass is 10.3. The number of amidine groups is 1. The molecule has 1 heterocycles. The van der Waals surface area contributed by atoms with Crippen LogP contribution in [0.4, 0.5) is 0 Å². The summed E-state index contributed by atoms with van der Waals surface area (Å²) in [7, 11) is 0. The standard InChI is InChI=1S/C6H12N2OS/c7-6(8)10-4-5-2-1-3-9-5/h5H,1-4H2,(H3,7,8). The fourth-order valence-electron chi connectivity index (χ4n) is 0.959. The van der Waals surface area contributed by atoms with Gasteiger partial charge in [-0.25, -0.2) is 0 Å². The molecule has 1 unspecified atom stereocenters. The van der Waals surface area contributed by atoms with Crippen LogP contribution in [0.15, 0.2) is 0 Å². The van der Waals surface area contributed by atoms with Gasteiger partial charge in [0.25, 0.3) is 0 Å². The lowest BCUT2D eigenvalue weighted by Gasteiger charge is -2.06. The first kappa shape index (κ1) is 7.88. The first-order valence-corrected chi connectivity index (χ1v) is 4.36. The quantitative estimate of drug-likeness (QED) is 0.464. The number of nitrogens with one attached hydrogen (secondary N) is 1. The van der Waals surface area contributed by atoms with E-state index < -0.39 is 0 Å². The Bertz CT molecular complexity index is 123. The van der Waals surface area contributed by atoms with Crippen molar-refractivity contribution < 1.29 is 4.74 Å². The summed E-state index contributed by atoms with van der Waals surface area (Å²) in [6.07, 6.45) is 2.62. The molecule has 3 N–H and O–H groups in total. The normalized spacial score (nSPS) is 25.0. The van der Waals surface area contributed by atoms with Gasteiger partial charge in [0.2, 0.25) is 0 Å². The smallest absolute Gasteiger partial charge is 0.151 e. The van der Waals surface area contributed by atoms with E-state index in [9.17, 15) is 0 Å². The monoisotopic (exact) mass is 160 g/mol. The van der Waals surface area contributed by atoms with Gasteiger partial charge in [-0.1, -0.05) is 11.8 Å². The summed E-state index contributed by atoms with van der Waals surface area (Å²) in [4.78, 5) is 0. The van der Waals surface area contributed by atoms with Crippen molar-refractivity contribution in [2.24, 2.45) is 5.73 Å². The molecule has 0 aromatic rings. The van der Waals surface area contributed by atoms with Crippen molar-refractivity contribution >= 4 is 16.9 Å². The molecule has 58 valence electrons. The predicted octanol–water partition coefficient (Wildman–Crippen LogP) is 0.792. The molecule has 0 amide bonds. The van der Waals surface area contributed by atoms with Gasteiger partial charge in [-0.2, -0.15) is 0 Å². The highest BCUT2D eigenvalue weighted by Gasteiger charge is 2.15. The van der Waals surface area contributed by atoms with Crippen LogP contribution in [0.1, 0.15) is 12.8 Å². The first-order chi connectivity index (χ1) is 4.79. The molecular weight excluding hydrogens is 148 g/mol. The summed E-state index contributed by atoms with van der Waals surface area (Å²) in [5, 5.41) is 7.13. The van der Waals surface area contributed by atoms with Crippen LogP contribution in [0.3, 0.4) is 0 Å². The lowest BCUT2D eigenvalue weighted by Crippen LogP contribution is -2.13. The molecule has 3 nitrogen and oxygen atoms in total. The van der Waals surface area contributed by atoms with Crippen molar-refractivity contribution in [3.8, 4) is 0 Å². The highest BCUT2D eigenvalue weighted by molar-refractivity contribution is 8.13. The lowest BCUT2D eigenvalue weighted by molar-refractivity contribution is 0.129. The average molecular weight is 160 g/mol. The molecule has 1 saturated heterocycles. The molecule has 10 heavy (non-hydrogen) atoms. The molecule has 0 radical (unpaired) electrons. The van der Waals surface area contributed by atoms with Crippen LogP contribution >= 0.6 is 11.8 Å². The zero-order valence-electron chi connectivity index (χ0n) is 5.80. The highest BCUT2D eigenvalue weighted by Crippen LogP contribution is 2.16. The molecule has 1 aliphatic heterocycles. The van der Waals surface area contributed by atoms with Gasteiger partial charge < -0.3 is 10.5 Å². The molecule has 1 atom stereocenters. The van der Waals surface area contributed by atoms with E-state index in [1.807, 2.05) is 0 Å². The molecule has 4 heteroatoms. The van der Waals surface area contributed by atoms with E-state index in [0.717, 1.165) is 25.2 Å². The second kappa shape index (κ2) is 3.83. The molecule has 1 aliphatic rings. The van der Waals surface area contributed by atoms with Gasteiger partial charge in [0.1, 0.15) is 0 Å². The number of ether oxygens (including phenoxy) is 1. The largest absolute Gasteiger partial charge is 0.379 e. The summed E-state index contributed by atoms with van der Waals surface area (Å²) in [6.45, 7) is 0.878. The summed E-state index contributed by atoms with van der Waals surface area (Å²) >= 11 is 1.36. The molecule has 0 bridgehead atoms. The third-order valence-corrected chi connectivity index (χ3v) is 2.30. The Morgan fingerprint density at radius 3 is 3.10 bits per heavy atom. The Labute approximate surface area is 64.8 Å². The van der Waals surface area contributed by atoms with Gasteiger partial charge in [0.15, 0.2) is 5.17 Å². The molecule has 0 aliphatic carbocycles. The van der Waals surface area contributed by atoms with Crippen molar-refractivity contribution in [2.75, 3.05) is 12.4 Å². The second-order valence-corrected chi connectivity index (χ2v) is 3.37. The molecule has 0 aromatic heterocycles. The van der Waals surface area contributed by atoms with Crippen molar-refractivity contribution in [1.29, 1.82) is 5.41 Å². The summed E-state index contributed by atoms with van der Waals surface area (Å²) < 4.78 is 5.33. The number of hydrogen-bond donors (Lipinski definition) is 2. The van der Waals surface area contributed by atoms with E-state index >= 15 is 0 Å². The molecule has 0 spiro atoms. The van der Waals surface area contributed by atoms with E-state index in [2.05, 4.69) is 0 Å². The zero-order chi connectivity index (χ0) is 7.40. The van der Waals surface area contributed by atoms with Crippen molar-refractivity contribution in [1.82, 2.24) is 0 Å². The second-order valence-electron chi connectivity index (χ2n) is 2.31. The maximum absolute atomic E-state index is 6.94. The van der Waals surface area contributed by atoms with E-state index in [1.54, 1.807) is 0 Å². The van der Waals surface area contributed by atoms with E-state index in [-0.39, 0.29) is 5.17 Å². The molecular formula is C6H12N2OS. The highest BCUT2D eigenvalue weighted by atomic mass is 32.2. The Balaban J connectivity index is 2.07. The minimum atomic E-state index is 0.190. The van der Waals surface area contributed by atoms with E-state index in [1.165, 1.54) is 11.8 Å². The van der Waals surface area contributed by atoms with Crippen LogP contribution in [-0.4, -0.2) is 23.6 Å². The maximum atomic E-state index is 6.94. The van der Waals surface area contributed by atoms with E-state index in [4.69, 9.17) is 15.9 Å². The number of rotatable bonds is 2. The fourth-order valence-corrected chi connectivity index (χ4v) is 1.59. The van der Waals surface area contributed by atoms with Gasteiger partial charge >= 0.3 is 0 Å². The predicted molar refractivity (Wildman–Crippen MR) is 43.3 cm³/mol. The fraction of sp³-hybridized carbons (Fsp3) is 0.833. The SMILES string of the molecule is N=C(N)SCC1CCCO1. The van der Waals surface area contributed by atoms with Crippen molar-refractivity contribution in [3.05, 3.63) is 0 Å². The third kappa shape index (κ3) is 2.58. The minimum absolute atomic E-state index is 0.190.